The summed E-state index contributed by atoms with van der Waals surface area (Å²) in [6.45, 7) is 3.56. The molecule has 0 radical (unpaired) electrons. The molecule has 0 aliphatic carbocycles. The summed E-state index contributed by atoms with van der Waals surface area (Å²) in [6, 6.07) is 1.55. The number of halogens is 2. The minimum Gasteiger partial charge on any atom is -0.481 e. The highest BCUT2D eigenvalue weighted by atomic mass is 79.9. The van der Waals surface area contributed by atoms with E-state index in [9.17, 15) is 9.59 Å². The first-order valence-electron chi connectivity index (χ1n) is 6.66. The number of carbonyl (C=O) groups is 2. The largest absolute Gasteiger partial charge is 0.481 e. The molecule has 1 heterocycles. The molecule has 0 spiro atoms. The van der Waals surface area contributed by atoms with Gasteiger partial charge >= 0.3 is 5.97 Å². The summed E-state index contributed by atoms with van der Waals surface area (Å²) in [5, 5.41) is 11.8. The molecule has 0 saturated heterocycles. The first-order valence-corrected chi connectivity index (χ1v) is 7.83. The fourth-order valence-electron chi connectivity index (χ4n) is 1.81. The fraction of sp³-hybridized carbons (Fsp3) is 0.500. The Morgan fingerprint density at radius 3 is 2.71 bits per heavy atom. The molecule has 0 aromatic carbocycles. The second-order valence-corrected chi connectivity index (χ2v) is 6.31. The lowest BCUT2D eigenvalue weighted by molar-refractivity contribution is -0.141. The Morgan fingerprint density at radius 1 is 1.43 bits per heavy atom. The molecule has 5 nitrogen and oxygen atoms in total. The van der Waals surface area contributed by atoms with Crippen LogP contribution in [0.5, 0.6) is 0 Å². The molecule has 2 unspecified atom stereocenters. The Hall–Kier alpha value is -1.14. The summed E-state index contributed by atoms with van der Waals surface area (Å²) in [6.07, 6.45) is 3.56. The van der Waals surface area contributed by atoms with Crippen LogP contribution in [0.15, 0.2) is 16.7 Å². The van der Waals surface area contributed by atoms with Crippen molar-refractivity contribution < 1.29 is 14.7 Å². The standard InChI is InChI=1S/C14H18BrClN2O3/c1-8(14(20)21)4-3-5-9(2)18-13(19)11-6-10(15)7-17-12(11)16/h6-9H,3-5H2,1-2H3,(H,18,19)(H,20,21). The van der Waals surface area contributed by atoms with E-state index in [2.05, 4.69) is 26.2 Å². The lowest BCUT2D eigenvalue weighted by Gasteiger charge is -2.15. The van der Waals surface area contributed by atoms with Gasteiger partial charge in [0.2, 0.25) is 0 Å². The second kappa shape index (κ2) is 8.34. The van der Waals surface area contributed by atoms with Gasteiger partial charge in [-0.05, 0) is 41.8 Å². The summed E-state index contributed by atoms with van der Waals surface area (Å²) in [4.78, 5) is 26.7. The highest BCUT2D eigenvalue weighted by molar-refractivity contribution is 9.10. The maximum atomic E-state index is 12.1. The predicted molar refractivity (Wildman–Crippen MR) is 84.5 cm³/mol. The summed E-state index contributed by atoms with van der Waals surface area (Å²) in [5.41, 5.74) is 0.316. The number of hydrogen-bond donors (Lipinski definition) is 2. The molecule has 1 rings (SSSR count). The van der Waals surface area contributed by atoms with Crippen molar-refractivity contribution in [2.24, 2.45) is 5.92 Å². The Kier molecular flexibility index (Phi) is 7.11. The van der Waals surface area contributed by atoms with Gasteiger partial charge in [0.05, 0.1) is 11.5 Å². The van der Waals surface area contributed by atoms with Crippen molar-refractivity contribution in [3.8, 4) is 0 Å². The van der Waals surface area contributed by atoms with E-state index < -0.39 is 5.97 Å². The highest BCUT2D eigenvalue weighted by Gasteiger charge is 2.15. The van der Waals surface area contributed by atoms with Crippen molar-refractivity contribution in [1.29, 1.82) is 0 Å². The maximum absolute atomic E-state index is 12.1. The molecule has 116 valence electrons. The third-order valence-electron chi connectivity index (χ3n) is 3.12. The van der Waals surface area contributed by atoms with E-state index in [-0.39, 0.29) is 23.0 Å². The molecule has 0 aliphatic rings. The molecule has 1 aromatic rings. The van der Waals surface area contributed by atoms with Crippen molar-refractivity contribution in [2.45, 2.75) is 39.2 Å². The van der Waals surface area contributed by atoms with E-state index >= 15 is 0 Å². The zero-order chi connectivity index (χ0) is 16.0. The van der Waals surface area contributed by atoms with Gasteiger partial charge in [0.25, 0.3) is 5.91 Å². The number of carbonyl (C=O) groups excluding carboxylic acids is 1. The molecular formula is C14H18BrClN2O3. The number of carboxylic acid groups (broad SMARTS) is 1. The van der Waals surface area contributed by atoms with Crippen molar-refractivity contribution >= 4 is 39.4 Å². The van der Waals surface area contributed by atoms with Gasteiger partial charge in [-0.15, -0.1) is 0 Å². The number of hydrogen-bond acceptors (Lipinski definition) is 3. The minimum absolute atomic E-state index is 0.0615. The zero-order valence-corrected chi connectivity index (χ0v) is 14.2. The predicted octanol–water partition coefficient (Wildman–Crippen LogP) is 3.51. The molecule has 2 atom stereocenters. The van der Waals surface area contributed by atoms with Crippen molar-refractivity contribution in [1.82, 2.24) is 10.3 Å². The molecule has 1 aromatic heterocycles. The van der Waals surface area contributed by atoms with Gasteiger partial charge in [-0.2, -0.15) is 0 Å². The van der Waals surface area contributed by atoms with Crippen LogP contribution in [0.2, 0.25) is 5.15 Å². The van der Waals surface area contributed by atoms with E-state index in [1.54, 1.807) is 13.0 Å². The van der Waals surface area contributed by atoms with E-state index in [4.69, 9.17) is 16.7 Å². The topological polar surface area (TPSA) is 79.3 Å². The number of nitrogens with one attached hydrogen (secondary N) is 1. The number of rotatable bonds is 7. The van der Waals surface area contributed by atoms with Gasteiger partial charge in [0.1, 0.15) is 5.15 Å². The normalized spacial score (nSPS) is 13.5. The minimum atomic E-state index is -0.793. The van der Waals surface area contributed by atoms with Gasteiger partial charge in [-0.3, -0.25) is 9.59 Å². The molecule has 0 saturated carbocycles. The van der Waals surface area contributed by atoms with E-state index in [1.807, 2.05) is 6.92 Å². The fourth-order valence-corrected chi connectivity index (χ4v) is 2.33. The third-order valence-corrected chi connectivity index (χ3v) is 3.86. The van der Waals surface area contributed by atoms with Gasteiger partial charge in [0.15, 0.2) is 0 Å². The molecule has 0 fully saturated rings. The summed E-state index contributed by atoms with van der Waals surface area (Å²) >= 11 is 9.14. The number of nitrogens with zero attached hydrogens (tertiary/aromatic N) is 1. The molecule has 0 aliphatic heterocycles. The Morgan fingerprint density at radius 2 is 2.10 bits per heavy atom. The van der Waals surface area contributed by atoms with Crippen molar-refractivity contribution in [2.75, 3.05) is 0 Å². The summed E-state index contributed by atoms with van der Waals surface area (Å²) < 4.78 is 0.681. The smallest absolute Gasteiger partial charge is 0.306 e. The molecular weight excluding hydrogens is 360 g/mol. The number of aromatic nitrogens is 1. The van der Waals surface area contributed by atoms with Crippen LogP contribution in [-0.4, -0.2) is 28.0 Å². The first kappa shape index (κ1) is 17.9. The van der Waals surface area contributed by atoms with Crippen LogP contribution in [0, 0.1) is 5.92 Å². The summed E-state index contributed by atoms with van der Waals surface area (Å²) in [7, 11) is 0. The van der Waals surface area contributed by atoms with Crippen LogP contribution in [0.25, 0.3) is 0 Å². The molecule has 2 N–H and O–H groups in total. The first-order chi connectivity index (χ1) is 9.81. The van der Waals surface area contributed by atoms with Gasteiger partial charge in [0, 0.05) is 16.7 Å². The number of carboxylic acids is 1. The van der Waals surface area contributed by atoms with Gasteiger partial charge < -0.3 is 10.4 Å². The van der Waals surface area contributed by atoms with Crippen LogP contribution in [0.4, 0.5) is 0 Å². The van der Waals surface area contributed by atoms with E-state index in [1.165, 1.54) is 6.20 Å². The lowest BCUT2D eigenvalue weighted by Crippen LogP contribution is -2.33. The van der Waals surface area contributed by atoms with E-state index in [0.29, 0.717) is 22.9 Å². The molecule has 7 heteroatoms. The number of pyridine rings is 1. The van der Waals surface area contributed by atoms with Gasteiger partial charge in [-0.25, -0.2) is 4.98 Å². The van der Waals surface area contributed by atoms with Crippen LogP contribution >= 0.6 is 27.5 Å². The second-order valence-electron chi connectivity index (χ2n) is 5.04. The Balaban J connectivity index is 2.47. The Labute approximate surface area is 137 Å². The number of amides is 1. The highest BCUT2D eigenvalue weighted by Crippen LogP contribution is 2.18. The molecule has 21 heavy (non-hydrogen) atoms. The molecule has 0 bridgehead atoms. The van der Waals surface area contributed by atoms with Crippen LogP contribution in [0.1, 0.15) is 43.5 Å². The quantitative estimate of drug-likeness (QED) is 0.713. The maximum Gasteiger partial charge on any atom is 0.306 e. The van der Waals surface area contributed by atoms with Crippen molar-refractivity contribution in [3.05, 3.63) is 27.5 Å². The van der Waals surface area contributed by atoms with Crippen LogP contribution < -0.4 is 5.32 Å². The molecule has 1 amide bonds. The average molecular weight is 378 g/mol. The summed E-state index contributed by atoms with van der Waals surface area (Å²) in [5.74, 6) is -1.44. The SMILES string of the molecule is CC(CCCC(C)C(=O)O)NC(=O)c1cc(Br)cnc1Cl. The lowest BCUT2D eigenvalue weighted by atomic mass is 10.0. The monoisotopic (exact) mass is 376 g/mol. The Bertz CT molecular complexity index is 525. The van der Waals surface area contributed by atoms with Gasteiger partial charge in [-0.1, -0.05) is 24.9 Å². The van der Waals surface area contributed by atoms with Crippen LogP contribution in [-0.2, 0) is 4.79 Å². The third kappa shape index (κ3) is 6.01. The number of aliphatic carboxylic acids is 1. The van der Waals surface area contributed by atoms with E-state index in [0.717, 1.165) is 6.42 Å². The zero-order valence-electron chi connectivity index (χ0n) is 11.9. The van der Waals surface area contributed by atoms with Crippen LogP contribution in [0.3, 0.4) is 0 Å². The van der Waals surface area contributed by atoms with Crippen molar-refractivity contribution in [3.63, 3.8) is 0 Å². The average Bonchev–Trinajstić information content (AvgIpc) is 2.41.